The molecular formula is C16H30N2O3. The van der Waals surface area contributed by atoms with Gasteiger partial charge in [-0.05, 0) is 32.1 Å². The molecule has 5 nitrogen and oxygen atoms in total. The predicted octanol–water partition coefficient (Wildman–Crippen LogP) is 3.43. The van der Waals surface area contributed by atoms with E-state index in [0.29, 0.717) is 0 Å². The zero-order valence-electron chi connectivity index (χ0n) is 13.6. The molecule has 0 aromatic carbocycles. The number of hydrogen-bond donors (Lipinski definition) is 3. The standard InChI is InChI=1S/C16H30N2O3/c1-4-15(5-2,6-3)17-14(21)18-16(12-13(19)20)10-8-7-9-11-16/h4-12H2,1-3H3,(H,19,20)(H2,17,18,21). The molecule has 0 spiro atoms. The number of rotatable bonds is 7. The molecule has 2 amide bonds. The Kier molecular flexibility index (Phi) is 6.49. The maximum absolute atomic E-state index is 12.4. The van der Waals surface area contributed by atoms with Gasteiger partial charge in [-0.3, -0.25) is 4.79 Å². The molecular weight excluding hydrogens is 268 g/mol. The molecule has 5 heteroatoms. The number of carbonyl (C=O) groups excluding carboxylic acids is 1. The van der Waals surface area contributed by atoms with Crippen LogP contribution in [0.1, 0.15) is 78.6 Å². The molecule has 1 aliphatic carbocycles. The number of carboxylic acids is 1. The Bertz CT molecular complexity index is 350. The minimum absolute atomic E-state index is 0.0117. The average molecular weight is 298 g/mol. The lowest BCUT2D eigenvalue weighted by molar-refractivity contribution is -0.139. The molecule has 21 heavy (non-hydrogen) atoms. The van der Waals surface area contributed by atoms with E-state index in [1.807, 2.05) is 0 Å². The van der Waals surface area contributed by atoms with Crippen molar-refractivity contribution in [2.75, 3.05) is 0 Å². The summed E-state index contributed by atoms with van der Waals surface area (Å²) in [4.78, 5) is 23.5. The molecule has 0 radical (unpaired) electrons. The van der Waals surface area contributed by atoms with Crippen LogP contribution in [-0.4, -0.2) is 28.2 Å². The van der Waals surface area contributed by atoms with Crippen LogP contribution < -0.4 is 10.6 Å². The fourth-order valence-electron chi connectivity index (χ4n) is 3.39. The molecule has 1 rings (SSSR count). The Balaban J connectivity index is 2.74. The summed E-state index contributed by atoms with van der Waals surface area (Å²) in [6.45, 7) is 6.21. The van der Waals surface area contributed by atoms with Gasteiger partial charge in [0.15, 0.2) is 0 Å². The minimum atomic E-state index is -0.843. The van der Waals surface area contributed by atoms with Gasteiger partial charge in [0, 0.05) is 5.54 Å². The molecule has 0 unspecified atom stereocenters. The van der Waals surface area contributed by atoms with Gasteiger partial charge < -0.3 is 15.7 Å². The largest absolute Gasteiger partial charge is 0.481 e. The zero-order chi connectivity index (χ0) is 15.9. The first kappa shape index (κ1) is 17.8. The molecule has 1 aliphatic rings. The van der Waals surface area contributed by atoms with Crippen molar-refractivity contribution in [3.63, 3.8) is 0 Å². The average Bonchev–Trinajstić information content (AvgIpc) is 2.44. The summed E-state index contributed by atoms with van der Waals surface area (Å²) in [6.07, 6.45) is 7.22. The first-order valence-electron chi connectivity index (χ1n) is 8.23. The van der Waals surface area contributed by atoms with E-state index < -0.39 is 11.5 Å². The molecule has 122 valence electrons. The molecule has 3 N–H and O–H groups in total. The summed E-state index contributed by atoms with van der Waals surface area (Å²) >= 11 is 0. The molecule has 0 aromatic heterocycles. The van der Waals surface area contributed by atoms with Crippen molar-refractivity contribution in [2.45, 2.75) is 89.6 Å². The molecule has 0 atom stereocenters. The first-order valence-corrected chi connectivity index (χ1v) is 8.23. The van der Waals surface area contributed by atoms with Crippen molar-refractivity contribution in [3.05, 3.63) is 0 Å². The third-order valence-electron chi connectivity index (χ3n) is 5.09. The number of urea groups is 1. The molecule has 1 fully saturated rings. The van der Waals surface area contributed by atoms with E-state index in [1.54, 1.807) is 0 Å². The quantitative estimate of drug-likeness (QED) is 0.673. The maximum atomic E-state index is 12.4. The van der Waals surface area contributed by atoms with Crippen molar-refractivity contribution in [1.29, 1.82) is 0 Å². The summed E-state index contributed by atoms with van der Waals surface area (Å²) in [5.41, 5.74) is -0.766. The molecule has 0 saturated heterocycles. The van der Waals surface area contributed by atoms with Gasteiger partial charge in [0.25, 0.3) is 0 Å². The SMILES string of the molecule is CCC(CC)(CC)NC(=O)NC1(CC(=O)O)CCCCC1. The third kappa shape index (κ3) is 4.90. The van der Waals surface area contributed by atoms with Crippen LogP contribution in [-0.2, 0) is 4.79 Å². The number of aliphatic carboxylic acids is 1. The van der Waals surface area contributed by atoms with Crippen LogP contribution in [0.4, 0.5) is 4.79 Å². The van der Waals surface area contributed by atoms with Gasteiger partial charge in [-0.15, -0.1) is 0 Å². The van der Waals surface area contributed by atoms with E-state index in [-0.39, 0.29) is 18.0 Å². The summed E-state index contributed by atoms with van der Waals surface area (Å²) in [6, 6.07) is -0.219. The van der Waals surface area contributed by atoms with Crippen LogP contribution in [0.2, 0.25) is 0 Å². The third-order valence-corrected chi connectivity index (χ3v) is 5.09. The number of carboxylic acid groups (broad SMARTS) is 1. The number of nitrogens with one attached hydrogen (secondary N) is 2. The van der Waals surface area contributed by atoms with Crippen LogP contribution in [0.5, 0.6) is 0 Å². The van der Waals surface area contributed by atoms with Crippen LogP contribution >= 0.6 is 0 Å². The number of carbonyl (C=O) groups is 2. The number of amides is 2. The summed E-state index contributed by atoms with van der Waals surface area (Å²) in [7, 11) is 0. The Labute approximate surface area is 127 Å². The summed E-state index contributed by atoms with van der Waals surface area (Å²) in [5, 5.41) is 15.2. The normalized spacial score (nSPS) is 18.0. The number of hydrogen-bond acceptors (Lipinski definition) is 2. The van der Waals surface area contributed by atoms with Crippen molar-refractivity contribution >= 4 is 12.0 Å². The van der Waals surface area contributed by atoms with Gasteiger partial charge in [-0.2, -0.15) is 0 Å². The molecule has 0 aliphatic heterocycles. The highest BCUT2D eigenvalue weighted by molar-refractivity contribution is 5.77. The fraction of sp³-hybridized carbons (Fsp3) is 0.875. The second kappa shape index (κ2) is 7.66. The molecule has 1 saturated carbocycles. The molecule has 0 aromatic rings. The minimum Gasteiger partial charge on any atom is -0.481 e. The molecule has 0 bridgehead atoms. The molecule has 0 heterocycles. The van der Waals surface area contributed by atoms with Gasteiger partial charge in [-0.25, -0.2) is 4.79 Å². The Morgan fingerprint density at radius 3 is 2.00 bits per heavy atom. The lowest BCUT2D eigenvalue weighted by Crippen LogP contribution is -2.58. The van der Waals surface area contributed by atoms with E-state index in [9.17, 15) is 9.59 Å². The van der Waals surface area contributed by atoms with Crippen molar-refractivity contribution in [2.24, 2.45) is 0 Å². The fourth-order valence-corrected chi connectivity index (χ4v) is 3.39. The van der Waals surface area contributed by atoms with Crippen molar-refractivity contribution < 1.29 is 14.7 Å². The van der Waals surface area contributed by atoms with Crippen molar-refractivity contribution in [1.82, 2.24) is 10.6 Å². The van der Waals surface area contributed by atoms with E-state index in [2.05, 4.69) is 31.4 Å². The van der Waals surface area contributed by atoms with E-state index in [4.69, 9.17) is 5.11 Å². The van der Waals surface area contributed by atoms with Crippen molar-refractivity contribution in [3.8, 4) is 0 Å². The van der Waals surface area contributed by atoms with Crippen LogP contribution in [0, 0.1) is 0 Å². The first-order chi connectivity index (χ1) is 9.91. The second-order valence-corrected chi connectivity index (χ2v) is 6.33. The monoisotopic (exact) mass is 298 g/mol. The Morgan fingerprint density at radius 1 is 1.05 bits per heavy atom. The van der Waals surface area contributed by atoms with Gasteiger partial charge in [0.1, 0.15) is 0 Å². The lowest BCUT2D eigenvalue weighted by Gasteiger charge is -2.39. The predicted molar refractivity (Wildman–Crippen MR) is 83.3 cm³/mol. The highest BCUT2D eigenvalue weighted by atomic mass is 16.4. The Morgan fingerprint density at radius 2 is 1.57 bits per heavy atom. The summed E-state index contributed by atoms with van der Waals surface area (Å²) in [5.74, 6) is -0.843. The van der Waals surface area contributed by atoms with E-state index in [0.717, 1.165) is 51.4 Å². The van der Waals surface area contributed by atoms with Gasteiger partial charge in [0.2, 0.25) is 0 Å². The van der Waals surface area contributed by atoms with Crippen LogP contribution in [0.3, 0.4) is 0 Å². The second-order valence-electron chi connectivity index (χ2n) is 6.33. The van der Waals surface area contributed by atoms with Crippen LogP contribution in [0.15, 0.2) is 0 Å². The maximum Gasteiger partial charge on any atom is 0.315 e. The lowest BCUT2D eigenvalue weighted by atomic mass is 9.79. The topological polar surface area (TPSA) is 78.4 Å². The highest BCUT2D eigenvalue weighted by Crippen LogP contribution is 2.31. The smallest absolute Gasteiger partial charge is 0.315 e. The van der Waals surface area contributed by atoms with Gasteiger partial charge in [-0.1, -0.05) is 40.0 Å². The van der Waals surface area contributed by atoms with E-state index in [1.165, 1.54) is 0 Å². The van der Waals surface area contributed by atoms with Gasteiger partial charge in [0.05, 0.1) is 12.0 Å². The zero-order valence-corrected chi connectivity index (χ0v) is 13.6. The Hall–Kier alpha value is -1.26. The van der Waals surface area contributed by atoms with Gasteiger partial charge >= 0.3 is 12.0 Å². The highest BCUT2D eigenvalue weighted by Gasteiger charge is 2.37. The van der Waals surface area contributed by atoms with Crippen LogP contribution in [0.25, 0.3) is 0 Å². The van der Waals surface area contributed by atoms with E-state index >= 15 is 0 Å². The summed E-state index contributed by atoms with van der Waals surface area (Å²) < 4.78 is 0.